The summed E-state index contributed by atoms with van der Waals surface area (Å²) in [5.41, 5.74) is 1.39. The summed E-state index contributed by atoms with van der Waals surface area (Å²) in [5.74, 6) is 0. The molecule has 13 heavy (non-hydrogen) atoms. The fraction of sp³-hybridized carbons (Fsp3) is 0.125. The monoisotopic (exact) mass is 176 g/mol. The molecule has 0 spiro atoms. The minimum absolute atomic E-state index is 0.491. The summed E-state index contributed by atoms with van der Waals surface area (Å²) < 4.78 is 1.70. The van der Waals surface area contributed by atoms with Crippen molar-refractivity contribution in [2.75, 3.05) is 0 Å². The van der Waals surface area contributed by atoms with Crippen LogP contribution in [0.1, 0.15) is 0 Å². The fourth-order valence-electron chi connectivity index (χ4n) is 1.42. The van der Waals surface area contributed by atoms with Crippen molar-refractivity contribution in [2.45, 2.75) is 0 Å². The van der Waals surface area contributed by atoms with Crippen molar-refractivity contribution in [1.82, 2.24) is 9.78 Å². The van der Waals surface area contributed by atoms with Crippen molar-refractivity contribution in [3.05, 3.63) is 24.4 Å². The van der Waals surface area contributed by atoms with Crippen LogP contribution in [0.2, 0.25) is 0 Å². The van der Waals surface area contributed by atoms with Gasteiger partial charge in [-0.1, -0.05) is 12.1 Å². The van der Waals surface area contributed by atoms with E-state index in [1.165, 1.54) is 0 Å². The van der Waals surface area contributed by atoms with Crippen molar-refractivity contribution in [2.24, 2.45) is 7.05 Å². The van der Waals surface area contributed by atoms with Crippen molar-refractivity contribution in [1.29, 1.82) is 0 Å². The van der Waals surface area contributed by atoms with Crippen LogP contribution in [0.3, 0.4) is 0 Å². The summed E-state index contributed by atoms with van der Waals surface area (Å²) >= 11 is 0. The Bertz CT molecular complexity index is 439. The van der Waals surface area contributed by atoms with Gasteiger partial charge in [-0.15, -0.1) is 0 Å². The van der Waals surface area contributed by atoms with Gasteiger partial charge in [-0.3, -0.25) is 4.68 Å². The van der Waals surface area contributed by atoms with E-state index in [2.05, 4.69) is 5.10 Å². The lowest BCUT2D eigenvalue weighted by atomic mass is 9.78. The molecule has 66 valence electrons. The maximum Gasteiger partial charge on any atom is 0.489 e. The SMILES string of the molecule is Cn1ncc2c(B(O)O)cccc21. The molecule has 0 bridgehead atoms. The van der Waals surface area contributed by atoms with Crippen LogP contribution >= 0.6 is 0 Å². The topological polar surface area (TPSA) is 58.3 Å². The summed E-state index contributed by atoms with van der Waals surface area (Å²) in [6.07, 6.45) is 1.63. The Kier molecular flexibility index (Phi) is 1.83. The molecule has 0 saturated heterocycles. The van der Waals surface area contributed by atoms with Crippen LogP contribution in [0.4, 0.5) is 0 Å². The molecule has 5 heteroatoms. The van der Waals surface area contributed by atoms with Gasteiger partial charge in [0.05, 0.1) is 11.7 Å². The lowest BCUT2D eigenvalue weighted by Crippen LogP contribution is -2.30. The Morgan fingerprint density at radius 2 is 2.15 bits per heavy atom. The molecular weight excluding hydrogens is 167 g/mol. The highest BCUT2D eigenvalue weighted by molar-refractivity contribution is 6.61. The highest BCUT2D eigenvalue weighted by Gasteiger charge is 2.15. The third-order valence-corrected chi connectivity index (χ3v) is 2.10. The molecule has 0 aliphatic rings. The van der Waals surface area contributed by atoms with E-state index in [-0.39, 0.29) is 0 Å². The molecule has 4 nitrogen and oxygen atoms in total. The zero-order valence-corrected chi connectivity index (χ0v) is 7.18. The van der Waals surface area contributed by atoms with Crippen LogP contribution < -0.4 is 5.46 Å². The van der Waals surface area contributed by atoms with E-state index in [0.717, 1.165) is 10.9 Å². The van der Waals surface area contributed by atoms with Gasteiger partial charge in [-0.05, 0) is 11.5 Å². The molecule has 0 aliphatic carbocycles. The zero-order chi connectivity index (χ0) is 9.42. The molecular formula is C8H9BN2O2. The number of hydrogen-bond donors (Lipinski definition) is 2. The largest absolute Gasteiger partial charge is 0.489 e. The summed E-state index contributed by atoms with van der Waals surface area (Å²) in [6, 6.07) is 5.34. The summed E-state index contributed by atoms with van der Waals surface area (Å²) in [7, 11) is 0.378. The lowest BCUT2D eigenvalue weighted by Gasteiger charge is -2.00. The number of aryl methyl sites for hydroxylation is 1. The Balaban J connectivity index is 2.77. The van der Waals surface area contributed by atoms with Crippen LogP contribution in [0.25, 0.3) is 10.9 Å². The van der Waals surface area contributed by atoms with Gasteiger partial charge in [0.1, 0.15) is 0 Å². The van der Waals surface area contributed by atoms with E-state index in [0.29, 0.717) is 5.46 Å². The molecule has 2 N–H and O–H groups in total. The van der Waals surface area contributed by atoms with E-state index in [4.69, 9.17) is 10.0 Å². The molecule has 0 unspecified atom stereocenters. The van der Waals surface area contributed by atoms with Crippen molar-refractivity contribution in [3.63, 3.8) is 0 Å². The Morgan fingerprint density at radius 1 is 1.38 bits per heavy atom. The first-order valence-corrected chi connectivity index (χ1v) is 3.97. The van der Waals surface area contributed by atoms with Gasteiger partial charge in [0.2, 0.25) is 0 Å². The van der Waals surface area contributed by atoms with Crippen molar-refractivity contribution < 1.29 is 10.0 Å². The molecule has 1 heterocycles. The van der Waals surface area contributed by atoms with E-state index in [1.807, 2.05) is 13.1 Å². The van der Waals surface area contributed by atoms with Crippen molar-refractivity contribution in [3.8, 4) is 0 Å². The van der Waals surface area contributed by atoms with Gasteiger partial charge in [0, 0.05) is 12.4 Å². The van der Waals surface area contributed by atoms with E-state index >= 15 is 0 Å². The third-order valence-electron chi connectivity index (χ3n) is 2.10. The predicted molar refractivity (Wildman–Crippen MR) is 50.5 cm³/mol. The van der Waals surface area contributed by atoms with Crippen LogP contribution in [0, 0.1) is 0 Å². The quantitative estimate of drug-likeness (QED) is 0.562. The average molecular weight is 176 g/mol. The number of nitrogens with zero attached hydrogens (tertiary/aromatic N) is 2. The molecule has 2 rings (SSSR count). The van der Waals surface area contributed by atoms with E-state index in [1.54, 1.807) is 23.0 Å². The lowest BCUT2D eigenvalue weighted by molar-refractivity contribution is 0.426. The normalized spacial score (nSPS) is 10.7. The summed E-state index contributed by atoms with van der Waals surface area (Å²) in [5, 5.41) is 22.9. The first-order chi connectivity index (χ1) is 6.20. The summed E-state index contributed by atoms with van der Waals surface area (Å²) in [4.78, 5) is 0. The molecule has 0 fully saturated rings. The summed E-state index contributed by atoms with van der Waals surface area (Å²) in [6.45, 7) is 0. The second kappa shape index (κ2) is 2.87. The molecule has 0 amide bonds. The third kappa shape index (κ3) is 1.22. The Labute approximate surface area is 75.6 Å². The number of rotatable bonds is 1. The van der Waals surface area contributed by atoms with Gasteiger partial charge in [-0.2, -0.15) is 5.10 Å². The maximum absolute atomic E-state index is 9.05. The molecule has 0 atom stereocenters. The van der Waals surface area contributed by atoms with Crippen molar-refractivity contribution >= 4 is 23.5 Å². The molecule has 1 aromatic carbocycles. The van der Waals surface area contributed by atoms with Crippen LogP contribution in [-0.4, -0.2) is 26.9 Å². The minimum Gasteiger partial charge on any atom is -0.423 e. The van der Waals surface area contributed by atoms with Gasteiger partial charge < -0.3 is 10.0 Å². The highest BCUT2D eigenvalue weighted by atomic mass is 16.4. The van der Waals surface area contributed by atoms with Crippen LogP contribution in [0.15, 0.2) is 24.4 Å². The number of fused-ring (bicyclic) bond motifs is 1. The molecule has 1 aromatic heterocycles. The molecule has 0 aliphatic heterocycles. The standard InChI is InChI=1S/C8H9BN2O2/c1-11-8-4-2-3-7(9(12)13)6(8)5-10-11/h2-5,12-13H,1H3. The Morgan fingerprint density at radius 3 is 2.85 bits per heavy atom. The first kappa shape index (κ1) is 8.28. The molecule has 0 radical (unpaired) electrons. The van der Waals surface area contributed by atoms with Gasteiger partial charge in [0.25, 0.3) is 0 Å². The average Bonchev–Trinajstić information content (AvgIpc) is 2.48. The van der Waals surface area contributed by atoms with E-state index < -0.39 is 7.12 Å². The Hall–Kier alpha value is -1.33. The fourth-order valence-corrected chi connectivity index (χ4v) is 1.42. The van der Waals surface area contributed by atoms with Crippen LogP contribution in [-0.2, 0) is 7.05 Å². The smallest absolute Gasteiger partial charge is 0.423 e. The maximum atomic E-state index is 9.05. The zero-order valence-electron chi connectivity index (χ0n) is 7.18. The highest BCUT2D eigenvalue weighted by Crippen LogP contribution is 2.09. The molecule has 2 aromatic rings. The minimum atomic E-state index is -1.44. The van der Waals surface area contributed by atoms with Gasteiger partial charge >= 0.3 is 7.12 Å². The first-order valence-electron chi connectivity index (χ1n) is 3.97. The van der Waals surface area contributed by atoms with E-state index in [9.17, 15) is 0 Å². The van der Waals surface area contributed by atoms with Gasteiger partial charge in [-0.25, -0.2) is 0 Å². The number of benzene rings is 1. The number of aromatic nitrogens is 2. The predicted octanol–water partition coefficient (Wildman–Crippen LogP) is -0.747. The second-order valence-electron chi connectivity index (χ2n) is 2.92. The molecule has 0 saturated carbocycles. The van der Waals surface area contributed by atoms with Crippen LogP contribution in [0.5, 0.6) is 0 Å². The van der Waals surface area contributed by atoms with Gasteiger partial charge in [0.15, 0.2) is 0 Å². The second-order valence-corrected chi connectivity index (χ2v) is 2.92. The number of hydrogen-bond acceptors (Lipinski definition) is 3.